The number of para-hydroxylation sites is 1. The zero-order chi connectivity index (χ0) is 25.3. The number of nitrogens with one attached hydrogen (secondary N) is 1. The number of rotatable bonds is 5. The van der Waals surface area contributed by atoms with Gasteiger partial charge in [0.1, 0.15) is 11.6 Å². The first-order valence-electron chi connectivity index (χ1n) is 11.3. The molecule has 6 nitrogen and oxygen atoms in total. The Hall–Kier alpha value is -3.30. The molecule has 0 atom stereocenters. The van der Waals surface area contributed by atoms with E-state index in [0.29, 0.717) is 24.5 Å². The van der Waals surface area contributed by atoms with Crippen LogP contribution in [-0.4, -0.2) is 44.8 Å². The molecule has 3 aromatic rings. The first-order valence-corrected chi connectivity index (χ1v) is 12.7. The van der Waals surface area contributed by atoms with Gasteiger partial charge in [-0.15, -0.1) is 0 Å². The number of carbonyl (C=O) groups is 1. The molecule has 0 spiro atoms. The summed E-state index contributed by atoms with van der Waals surface area (Å²) in [7, 11) is -3.98. The Kier molecular flexibility index (Phi) is 6.91. The SMILES string of the molecule is Cc1cc(C)c(NC(=O)c2cc(S(=O)(=O)N3CCN(c4ccccc4F)CC3)ccc2F)c(C)c1. The van der Waals surface area contributed by atoms with Gasteiger partial charge in [0.15, 0.2) is 0 Å². The summed E-state index contributed by atoms with van der Waals surface area (Å²) in [4.78, 5) is 14.5. The molecule has 4 rings (SSSR count). The van der Waals surface area contributed by atoms with Crippen molar-refractivity contribution in [2.75, 3.05) is 36.4 Å². The van der Waals surface area contributed by atoms with E-state index in [1.165, 1.54) is 10.4 Å². The van der Waals surface area contributed by atoms with Crippen LogP contribution < -0.4 is 10.2 Å². The summed E-state index contributed by atoms with van der Waals surface area (Å²) in [5, 5.41) is 2.72. The first-order chi connectivity index (χ1) is 16.6. The lowest BCUT2D eigenvalue weighted by Crippen LogP contribution is -2.48. The van der Waals surface area contributed by atoms with Gasteiger partial charge in [-0.05, 0) is 62.2 Å². The molecule has 1 aliphatic rings. The molecule has 184 valence electrons. The predicted octanol–water partition coefficient (Wildman–Crippen LogP) is 4.65. The van der Waals surface area contributed by atoms with Crippen molar-refractivity contribution in [2.24, 2.45) is 0 Å². The normalized spacial score (nSPS) is 14.7. The minimum atomic E-state index is -3.98. The van der Waals surface area contributed by atoms with Gasteiger partial charge < -0.3 is 10.2 Å². The number of aryl methyl sites for hydroxylation is 3. The predicted molar refractivity (Wildman–Crippen MR) is 132 cm³/mol. The molecule has 1 aliphatic heterocycles. The average molecular weight is 500 g/mol. The van der Waals surface area contributed by atoms with E-state index in [1.54, 1.807) is 23.1 Å². The highest BCUT2D eigenvalue weighted by Crippen LogP contribution is 2.26. The molecular formula is C26H27F2N3O3S. The number of anilines is 2. The summed E-state index contributed by atoms with van der Waals surface area (Å²) < 4.78 is 56.5. The molecule has 0 bridgehead atoms. The highest BCUT2D eigenvalue weighted by molar-refractivity contribution is 7.89. The fourth-order valence-electron chi connectivity index (χ4n) is 4.42. The molecule has 0 unspecified atom stereocenters. The van der Waals surface area contributed by atoms with Crippen molar-refractivity contribution in [3.8, 4) is 0 Å². The number of carbonyl (C=O) groups excluding carboxylic acids is 1. The van der Waals surface area contributed by atoms with E-state index in [4.69, 9.17) is 0 Å². The maximum atomic E-state index is 14.6. The highest BCUT2D eigenvalue weighted by atomic mass is 32.2. The standard InChI is InChI=1S/C26H27F2N3O3S/c1-17-14-18(2)25(19(3)15-17)29-26(32)21-16-20(8-9-22(21)27)35(33,34)31-12-10-30(11-13-31)24-7-5-4-6-23(24)28/h4-9,14-16H,10-13H2,1-3H3,(H,29,32). The molecule has 0 aromatic heterocycles. The Morgan fingerprint density at radius 1 is 0.857 bits per heavy atom. The van der Waals surface area contributed by atoms with E-state index in [1.807, 2.05) is 32.9 Å². The van der Waals surface area contributed by atoms with Crippen molar-refractivity contribution >= 4 is 27.3 Å². The van der Waals surface area contributed by atoms with Gasteiger partial charge in [0.25, 0.3) is 5.91 Å². The molecule has 0 aliphatic carbocycles. The maximum absolute atomic E-state index is 14.6. The molecule has 1 saturated heterocycles. The fourth-order valence-corrected chi connectivity index (χ4v) is 5.87. The summed E-state index contributed by atoms with van der Waals surface area (Å²) in [6.07, 6.45) is 0. The third kappa shape index (κ3) is 5.06. The van der Waals surface area contributed by atoms with E-state index in [0.717, 1.165) is 34.9 Å². The van der Waals surface area contributed by atoms with Crippen LogP contribution in [0, 0.1) is 32.4 Å². The fraction of sp³-hybridized carbons (Fsp3) is 0.269. The van der Waals surface area contributed by atoms with Gasteiger partial charge in [-0.25, -0.2) is 17.2 Å². The number of piperazine rings is 1. The Morgan fingerprint density at radius 2 is 1.49 bits per heavy atom. The molecule has 1 heterocycles. The second-order valence-corrected chi connectivity index (χ2v) is 10.6. The first kappa shape index (κ1) is 24.8. The average Bonchev–Trinajstić information content (AvgIpc) is 2.82. The Balaban J connectivity index is 1.54. The van der Waals surface area contributed by atoms with Crippen LogP contribution in [0.3, 0.4) is 0 Å². The topological polar surface area (TPSA) is 69.7 Å². The summed E-state index contributed by atoms with van der Waals surface area (Å²) in [5.74, 6) is -1.90. The van der Waals surface area contributed by atoms with Crippen LogP contribution in [0.25, 0.3) is 0 Å². The zero-order valence-corrected chi connectivity index (χ0v) is 20.6. The molecule has 1 amide bonds. The van der Waals surface area contributed by atoms with Crippen LogP contribution in [0.1, 0.15) is 27.0 Å². The molecule has 9 heteroatoms. The summed E-state index contributed by atoms with van der Waals surface area (Å²) in [6.45, 7) is 6.51. The van der Waals surface area contributed by atoms with Gasteiger partial charge in [0.2, 0.25) is 10.0 Å². The van der Waals surface area contributed by atoms with Crippen molar-refractivity contribution in [3.63, 3.8) is 0 Å². The Labute approximate surface area is 204 Å². The molecule has 3 aromatic carbocycles. The minimum Gasteiger partial charge on any atom is -0.367 e. The van der Waals surface area contributed by atoms with Crippen LogP contribution in [-0.2, 0) is 10.0 Å². The Bertz CT molecular complexity index is 1360. The van der Waals surface area contributed by atoms with E-state index in [-0.39, 0.29) is 29.4 Å². The lowest BCUT2D eigenvalue weighted by atomic mass is 10.0. The number of amides is 1. The molecule has 35 heavy (non-hydrogen) atoms. The van der Waals surface area contributed by atoms with Gasteiger partial charge in [0, 0.05) is 31.9 Å². The van der Waals surface area contributed by atoms with Crippen LogP contribution in [0.4, 0.5) is 20.2 Å². The van der Waals surface area contributed by atoms with Gasteiger partial charge in [-0.2, -0.15) is 4.31 Å². The van der Waals surface area contributed by atoms with Gasteiger partial charge in [-0.3, -0.25) is 4.79 Å². The van der Waals surface area contributed by atoms with Crippen molar-refractivity contribution in [1.29, 1.82) is 0 Å². The maximum Gasteiger partial charge on any atom is 0.258 e. The van der Waals surface area contributed by atoms with E-state index in [2.05, 4.69) is 5.32 Å². The number of hydrogen-bond donors (Lipinski definition) is 1. The van der Waals surface area contributed by atoms with E-state index >= 15 is 0 Å². The second-order valence-electron chi connectivity index (χ2n) is 8.71. The minimum absolute atomic E-state index is 0.136. The number of nitrogens with zero attached hydrogens (tertiary/aromatic N) is 2. The highest BCUT2D eigenvalue weighted by Gasteiger charge is 2.30. The second kappa shape index (κ2) is 9.75. The third-order valence-electron chi connectivity index (χ3n) is 6.17. The van der Waals surface area contributed by atoms with Crippen LogP contribution in [0.15, 0.2) is 59.5 Å². The lowest BCUT2D eigenvalue weighted by molar-refractivity contribution is 0.102. The lowest BCUT2D eigenvalue weighted by Gasteiger charge is -2.35. The quantitative estimate of drug-likeness (QED) is 0.555. The number of sulfonamides is 1. The van der Waals surface area contributed by atoms with Gasteiger partial charge >= 0.3 is 0 Å². The van der Waals surface area contributed by atoms with Gasteiger partial charge in [0.05, 0.1) is 16.1 Å². The number of benzene rings is 3. The largest absolute Gasteiger partial charge is 0.367 e. The molecular weight excluding hydrogens is 472 g/mol. The smallest absolute Gasteiger partial charge is 0.258 e. The summed E-state index contributed by atoms with van der Waals surface area (Å²) >= 11 is 0. The van der Waals surface area contributed by atoms with Crippen molar-refractivity contribution < 1.29 is 22.0 Å². The Morgan fingerprint density at radius 3 is 2.11 bits per heavy atom. The van der Waals surface area contributed by atoms with Gasteiger partial charge in [-0.1, -0.05) is 29.8 Å². The number of hydrogen-bond acceptors (Lipinski definition) is 4. The van der Waals surface area contributed by atoms with E-state index < -0.39 is 21.7 Å². The number of halogens is 2. The van der Waals surface area contributed by atoms with Crippen molar-refractivity contribution in [1.82, 2.24) is 4.31 Å². The summed E-state index contributed by atoms with van der Waals surface area (Å²) in [6, 6.07) is 13.4. The van der Waals surface area contributed by atoms with Crippen molar-refractivity contribution in [2.45, 2.75) is 25.7 Å². The van der Waals surface area contributed by atoms with Crippen LogP contribution in [0.5, 0.6) is 0 Å². The molecule has 0 radical (unpaired) electrons. The van der Waals surface area contributed by atoms with Crippen LogP contribution >= 0.6 is 0 Å². The zero-order valence-electron chi connectivity index (χ0n) is 19.8. The third-order valence-corrected chi connectivity index (χ3v) is 8.06. The van der Waals surface area contributed by atoms with Crippen LogP contribution in [0.2, 0.25) is 0 Å². The van der Waals surface area contributed by atoms with Crippen molar-refractivity contribution in [3.05, 3.63) is 88.5 Å². The monoisotopic (exact) mass is 499 g/mol. The van der Waals surface area contributed by atoms with E-state index in [9.17, 15) is 22.0 Å². The molecule has 1 N–H and O–H groups in total. The summed E-state index contributed by atoms with van der Waals surface area (Å²) in [5.41, 5.74) is 3.33. The molecule has 0 saturated carbocycles. The molecule has 1 fully saturated rings.